The van der Waals surface area contributed by atoms with E-state index in [1.807, 2.05) is 0 Å². The van der Waals surface area contributed by atoms with Crippen molar-refractivity contribution in [3.8, 4) is 5.88 Å². The van der Waals surface area contributed by atoms with Gasteiger partial charge in [0.2, 0.25) is 5.88 Å². The van der Waals surface area contributed by atoms with Crippen molar-refractivity contribution in [1.82, 2.24) is 9.97 Å². The smallest absolute Gasteiger partial charge is 0.215 e. The minimum absolute atomic E-state index is 0. The topological polar surface area (TPSA) is 35.0 Å². The number of hydrogen-bond donors (Lipinski definition) is 0. The first-order chi connectivity index (χ1) is 3.93. The van der Waals surface area contributed by atoms with Crippen molar-refractivity contribution in [2.24, 2.45) is 0 Å². The van der Waals surface area contributed by atoms with E-state index in [-0.39, 0.29) is 7.43 Å². The maximum atomic E-state index is 4.76. The fraction of sp³-hybridized carbons (Fsp3) is 0.333. The van der Waals surface area contributed by atoms with Crippen LogP contribution < -0.4 is 4.74 Å². The van der Waals surface area contributed by atoms with E-state index in [0.717, 1.165) is 0 Å². The van der Waals surface area contributed by atoms with Crippen molar-refractivity contribution < 1.29 is 4.74 Å². The summed E-state index contributed by atoms with van der Waals surface area (Å²) >= 11 is 0. The van der Waals surface area contributed by atoms with E-state index in [1.165, 1.54) is 6.33 Å². The van der Waals surface area contributed by atoms with Gasteiger partial charge in [-0.25, -0.2) is 9.97 Å². The quantitative estimate of drug-likeness (QED) is 0.565. The molecule has 0 saturated carbocycles. The molecule has 0 aromatic carbocycles. The summed E-state index contributed by atoms with van der Waals surface area (Å²) in [5, 5.41) is 0. The molecule has 1 aromatic rings. The minimum Gasteiger partial charge on any atom is -0.481 e. The van der Waals surface area contributed by atoms with E-state index in [2.05, 4.69) is 9.97 Å². The zero-order chi connectivity index (χ0) is 5.82. The zero-order valence-electron chi connectivity index (χ0n) is 4.53. The first-order valence-electron chi connectivity index (χ1n) is 2.23. The van der Waals surface area contributed by atoms with Crippen molar-refractivity contribution in [2.45, 2.75) is 7.43 Å². The van der Waals surface area contributed by atoms with Crippen molar-refractivity contribution >= 4 is 0 Å². The van der Waals surface area contributed by atoms with Gasteiger partial charge < -0.3 is 4.74 Å². The second-order valence-electron chi connectivity index (χ2n) is 1.25. The van der Waals surface area contributed by atoms with Crippen LogP contribution in [-0.4, -0.2) is 17.1 Å². The van der Waals surface area contributed by atoms with Crippen LogP contribution in [0, 0.1) is 0 Å². The van der Waals surface area contributed by atoms with Crippen molar-refractivity contribution in [3.05, 3.63) is 18.6 Å². The number of ether oxygens (including phenoxy) is 1. The molecule has 0 spiro atoms. The largest absolute Gasteiger partial charge is 0.481 e. The molecule has 1 aromatic heterocycles. The standard InChI is InChI=1S/C5H6N2O.CH4/c1-8-5-2-3-6-4-7-5;/h2-4H,1H3;1H4. The molecule has 1 heterocycles. The second kappa shape index (κ2) is 3.83. The SMILES string of the molecule is C.COc1ccncn1. The molecular formula is C6H10N2O. The molecule has 3 nitrogen and oxygen atoms in total. The first-order valence-corrected chi connectivity index (χ1v) is 2.23. The molecule has 50 valence electrons. The third kappa shape index (κ3) is 2.08. The van der Waals surface area contributed by atoms with Gasteiger partial charge in [0.05, 0.1) is 7.11 Å². The van der Waals surface area contributed by atoms with Crippen LogP contribution in [0.4, 0.5) is 0 Å². The predicted molar refractivity (Wildman–Crippen MR) is 35.3 cm³/mol. The minimum atomic E-state index is 0. The molecule has 3 heteroatoms. The van der Waals surface area contributed by atoms with Crippen LogP contribution in [0.1, 0.15) is 7.43 Å². The third-order valence-electron chi connectivity index (χ3n) is 0.764. The number of hydrogen-bond acceptors (Lipinski definition) is 3. The summed E-state index contributed by atoms with van der Waals surface area (Å²) in [7, 11) is 1.57. The Morgan fingerprint density at radius 2 is 2.33 bits per heavy atom. The molecule has 0 bridgehead atoms. The molecule has 0 radical (unpaired) electrons. The Labute approximate surface area is 54.7 Å². The van der Waals surface area contributed by atoms with Crippen LogP contribution in [0.3, 0.4) is 0 Å². The Morgan fingerprint density at radius 3 is 2.67 bits per heavy atom. The van der Waals surface area contributed by atoms with Crippen LogP contribution >= 0.6 is 0 Å². The number of methoxy groups -OCH3 is 1. The highest BCUT2D eigenvalue weighted by Gasteiger charge is 1.82. The maximum absolute atomic E-state index is 4.76. The highest BCUT2D eigenvalue weighted by atomic mass is 16.5. The Morgan fingerprint density at radius 1 is 1.56 bits per heavy atom. The summed E-state index contributed by atoms with van der Waals surface area (Å²) in [6.07, 6.45) is 3.07. The van der Waals surface area contributed by atoms with E-state index in [9.17, 15) is 0 Å². The van der Waals surface area contributed by atoms with Crippen molar-refractivity contribution in [3.63, 3.8) is 0 Å². The Bertz CT molecular complexity index is 152. The van der Waals surface area contributed by atoms with E-state index in [4.69, 9.17) is 4.74 Å². The van der Waals surface area contributed by atoms with Gasteiger partial charge in [-0.05, 0) is 0 Å². The van der Waals surface area contributed by atoms with Crippen LogP contribution in [0.5, 0.6) is 5.88 Å². The molecule has 0 atom stereocenters. The molecule has 0 aliphatic heterocycles. The number of rotatable bonds is 1. The van der Waals surface area contributed by atoms with Gasteiger partial charge in [-0.2, -0.15) is 0 Å². The fourth-order valence-electron chi connectivity index (χ4n) is 0.399. The third-order valence-corrected chi connectivity index (χ3v) is 0.764. The predicted octanol–water partition coefficient (Wildman–Crippen LogP) is 1.12. The fourth-order valence-corrected chi connectivity index (χ4v) is 0.399. The molecule has 0 aliphatic rings. The van der Waals surface area contributed by atoms with Gasteiger partial charge >= 0.3 is 0 Å². The highest BCUT2D eigenvalue weighted by molar-refractivity contribution is 5.03. The van der Waals surface area contributed by atoms with Gasteiger partial charge in [0.25, 0.3) is 0 Å². The van der Waals surface area contributed by atoms with Gasteiger partial charge in [0.15, 0.2) is 0 Å². The van der Waals surface area contributed by atoms with Crippen LogP contribution in [-0.2, 0) is 0 Å². The van der Waals surface area contributed by atoms with Gasteiger partial charge in [0, 0.05) is 12.3 Å². The molecule has 1 rings (SSSR count). The average Bonchev–Trinajstić information content (AvgIpc) is 1.90. The Kier molecular flexibility index (Phi) is 3.35. The maximum Gasteiger partial charge on any atom is 0.215 e. The lowest BCUT2D eigenvalue weighted by Crippen LogP contribution is -1.85. The van der Waals surface area contributed by atoms with Gasteiger partial charge in [-0.1, -0.05) is 7.43 Å². The molecule has 0 N–H and O–H groups in total. The van der Waals surface area contributed by atoms with E-state index >= 15 is 0 Å². The van der Waals surface area contributed by atoms with Crippen molar-refractivity contribution in [1.29, 1.82) is 0 Å². The second-order valence-corrected chi connectivity index (χ2v) is 1.25. The molecule has 0 aliphatic carbocycles. The molecule has 0 fully saturated rings. The Balaban J connectivity index is 0.000000640. The first kappa shape index (κ1) is 7.88. The van der Waals surface area contributed by atoms with E-state index in [1.54, 1.807) is 19.4 Å². The molecule has 0 unspecified atom stereocenters. The summed E-state index contributed by atoms with van der Waals surface area (Å²) in [6.45, 7) is 0. The molecule has 0 amide bonds. The summed E-state index contributed by atoms with van der Waals surface area (Å²) in [5.41, 5.74) is 0. The van der Waals surface area contributed by atoms with Crippen LogP contribution in [0.25, 0.3) is 0 Å². The lowest BCUT2D eigenvalue weighted by Gasteiger charge is -1.91. The summed E-state index contributed by atoms with van der Waals surface area (Å²) in [6, 6.07) is 1.69. The summed E-state index contributed by atoms with van der Waals surface area (Å²) in [5.74, 6) is 0.597. The van der Waals surface area contributed by atoms with Gasteiger partial charge in [-0.3, -0.25) is 0 Å². The summed E-state index contributed by atoms with van der Waals surface area (Å²) < 4.78 is 4.76. The van der Waals surface area contributed by atoms with E-state index in [0.29, 0.717) is 5.88 Å². The zero-order valence-corrected chi connectivity index (χ0v) is 4.53. The number of aromatic nitrogens is 2. The Hall–Kier alpha value is -1.12. The summed E-state index contributed by atoms with van der Waals surface area (Å²) in [4.78, 5) is 7.47. The molecular weight excluding hydrogens is 116 g/mol. The van der Waals surface area contributed by atoms with Gasteiger partial charge in [0.1, 0.15) is 6.33 Å². The molecule has 0 saturated heterocycles. The van der Waals surface area contributed by atoms with Crippen LogP contribution in [0.2, 0.25) is 0 Å². The lowest BCUT2D eigenvalue weighted by atomic mass is 10.6. The van der Waals surface area contributed by atoms with Crippen LogP contribution in [0.15, 0.2) is 18.6 Å². The highest BCUT2D eigenvalue weighted by Crippen LogP contribution is 1.97. The van der Waals surface area contributed by atoms with E-state index < -0.39 is 0 Å². The number of nitrogens with zero attached hydrogens (tertiary/aromatic N) is 2. The van der Waals surface area contributed by atoms with Gasteiger partial charge in [-0.15, -0.1) is 0 Å². The monoisotopic (exact) mass is 126 g/mol. The normalized spacial score (nSPS) is 7.67. The molecule has 9 heavy (non-hydrogen) atoms. The van der Waals surface area contributed by atoms with Crippen molar-refractivity contribution in [2.75, 3.05) is 7.11 Å². The average molecular weight is 126 g/mol. The lowest BCUT2D eigenvalue weighted by molar-refractivity contribution is 0.397.